The van der Waals surface area contributed by atoms with Gasteiger partial charge in [-0.25, -0.2) is 0 Å². The highest BCUT2D eigenvalue weighted by Gasteiger charge is 2.52. The Labute approximate surface area is 216 Å². The van der Waals surface area contributed by atoms with E-state index >= 15 is 0 Å². The van der Waals surface area contributed by atoms with Crippen LogP contribution in [-0.4, -0.2) is 43.2 Å². The predicted molar refractivity (Wildman–Crippen MR) is 140 cm³/mol. The van der Waals surface area contributed by atoms with Crippen molar-refractivity contribution in [1.29, 1.82) is 0 Å². The van der Waals surface area contributed by atoms with E-state index in [1.54, 1.807) is 0 Å². The first-order chi connectivity index (χ1) is 18.3. The predicted octanol–water partition coefficient (Wildman–Crippen LogP) is 4.86. The van der Waals surface area contributed by atoms with Crippen molar-refractivity contribution in [3.63, 3.8) is 0 Å². The van der Waals surface area contributed by atoms with Gasteiger partial charge in [-0.3, -0.25) is 4.79 Å². The van der Waals surface area contributed by atoms with E-state index in [4.69, 9.17) is 18.9 Å². The summed E-state index contributed by atoms with van der Waals surface area (Å²) in [5.74, 6) is -0.176. The van der Waals surface area contributed by atoms with Gasteiger partial charge in [0.1, 0.15) is 18.3 Å². The molecular weight excluding hydrogens is 466 g/mol. The highest BCUT2D eigenvalue weighted by molar-refractivity contribution is 6.07. The number of carbonyl (C=O) groups is 1. The number of ether oxygens (including phenoxy) is 4. The first-order valence-corrected chi connectivity index (χ1v) is 12.6. The lowest BCUT2D eigenvalue weighted by atomic mass is 9.96. The van der Waals surface area contributed by atoms with E-state index in [1.807, 2.05) is 103 Å². The second-order valence-electron chi connectivity index (χ2n) is 9.42. The molecule has 1 amide bonds. The van der Waals surface area contributed by atoms with Crippen molar-refractivity contribution in [2.75, 3.05) is 6.61 Å². The van der Waals surface area contributed by atoms with E-state index in [9.17, 15) is 4.79 Å². The fraction of sp³-hybridized carbons (Fsp3) is 0.258. The number of hydrogen-bond acceptors (Lipinski definition) is 5. The third-order valence-electron chi connectivity index (χ3n) is 6.98. The molecule has 2 heterocycles. The van der Waals surface area contributed by atoms with E-state index in [0.717, 1.165) is 21.9 Å². The number of amides is 1. The molecule has 4 aromatic carbocycles. The Hall–Kier alpha value is -3.55. The SMILES string of the molecule is O=C(N[C@@H]1[C@@H](OCc2ccccc2)[C@H]2OC[C@@H](O2)[C@H]1OCc1ccccc1)c1cccc2ccccc12. The van der Waals surface area contributed by atoms with Crippen LogP contribution in [0.25, 0.3) is 10.8 Å². The van der Waals surface area contributed by atoms with E-state index < -0.39 is 24.5 Å². The number of fused-ring (bicyclic) bond motifs is 3. The van der Waals surface area contributed by atoms with Gasteiger partial charge < -0.3 is 24.3 Å². The minimum atomic E-state index is -0.580. The van der Waals surface area contributed by atoms with Gasteiger partial charge in [-0.1, -0.05) is 97.1 Å². The van der Waals surface area contributed by atoms with E-state index in [0.29, 0.717) is 25.4 Å². The van der Waals surface area contributed by atoms with Gasteiger partial charge in [0.05, 0.1) is 25.9 Å². The number of carbonyl (C=O) groups excluding carboxylic acids is 1. The quantitative estimate of drug-likeness (QED) is 0.378. The number of nitrogens with one attached hydrogen (secondary N) is 1. The average Bonchev–Trinajstić information content (AvgIpc) is 3.38. The normalized spacial score (nSPS) is 24.7. The Bertz CT molecular complexity index is 1280. The van der Waals surface area contributed by atoms with Gasteiger partial charge in [0.15, 0.2) is 6.29 Å². The molecule has 2 bridgehead atoms. The van der Waals surface area contributed by atoms with Crippen LogP contribution in [0.2, 0.25) is 0 Å². The topological polar surface area (TPSA) is 66.0 Å². The molecule has 1 N–H and O–H groups in total. The molecule has 0 aliphatic carbocycles. The number of benzene rings is 4. The molecule has 0 unspecified atom stereocenters. The maximum atomic E-state index is 13.7. The summed E-state index contributed by atoms with van der Waals surface area (Å²) in [6, 6.07) is 33.1. The highest BCUT2D eigenvalue weighted by Crippen LogP contribution is 2.33. The zero-order valence-corrected chi connectivity index (χ0v) is 20.4. The van der Waals surface area contributed by atoms with Crippen LogP contribution in [-0.2, 0) is 32.2 Å². The van der Waals surface area contributed by atoms with Crippen LogP contribution in [0.15, 0.2) is 103 Å². The van der Waals surface area contributed by atoms with Gasteiger partial charge in [0, 0.05) is 5.56 Å². The molecule has 6 heteroatoms. The van der Waals surface area contributed by atoms with Gasteiger partial charge in [0.25, 0.3) is 5.91 Å². The smallest absolute Gasteiger partial charge is 0.252 e. The zero-order chi connectivity index (χ0) is 25.0. The molecule has 0 spiro atoms. The van der Waals surface area contributed by atoms with Crippen LogP contribution >= 0.6 is 0 Å². The molecule has 2 aliphatic rings. The fourth-order valence-electron chi connectivity index (χ4n) is 5.12. The maximum absolute atomic E-state index is 13.7. The van der Waals surface area contributed by atoms with Crippen LogP contribution in [0.3, 0.4) is 0 Å². The van der Waals surface area contributed by atoms with Crippen LogP contribution in [0.5, 0.6) is 0 Å². The average molecular weight is 496 g/mol. The van der Waals surface area contributed by atoms with Crippen molar-refractivity contribution in [3.05, 3.63) is 120 Å². The third-order valence-corrected chi connectivity index (χ3v) is 6.98. The van der Waals surface area contributed by atoms with E-state index in [-0.39, 0.29) is 12.0 Å². The van der Waals surface area contributed by atoms with Gasteiger partial charge in [-0.05, 0) is 28.0 Å². The summed E-state index contributed by atoms with van der Waals surface area (Å²) in [5.41, 5.74) is 2.69. The second kappa shape index (κ2) is 10.8. The highest BCUT2D eigenvalue weighted by atomic mass is 16.8. The Balaban J connectivity index is 1.29. The van der Waals surface area contributed by atoms with Crippen molar-refractivity contribution >= 4 is 16.7 Å². The third kappa shape index (κ3) is 5.15. The van der Waals surface area contributed by atoms with Crippen LogP contribution in [0, 0.1) is 0 Å². The molecule has 0 saturated carbocycles. The Morgan fingerprint density at radius 1 is 0.757 bits per heavy atom. The van der Waals surface area contributed by atoms with Crippen molar-refractivity contribution in [2.24, 2.45) is 0 Å². The first-order valence-electron chi connectivity index (χ1n) is 12.6. The van der Waals surface area contributed by atoms with Gasteiger partial charge in [-0.2, -0.15) is 0 Å². The Kier molecular flexibility index (Phi) is 6.97. The second-order valence-corrected chi connectivity index (χ2v) is 9.42. The number of rotatable bonds is 8. The standard InChI is InChI=1S/C31H29NO5/c33-30(25-17-9-15-23-14-7-8-16-24(23)25)32-27-28(34-18-21-10-3-1-4-11-21)26-20-36-31(37-26)29(27)35-19-22-12-5-2-6-13-22/h1-17,26-29,31H,18-20H2,(H,32,33)/t26-,27+,28-,29-,31+/m1/s1. The lowest BCUT2D eigenvalue weighted by Crippen LogP contribution is -2.62. The molecule has 2 aliphatic heterocycles. The van der Waals surface area contributed by atoms with E-state index in [2.05, 4.69) is 5.32 Å². The summed E-state index contributed by atoms with van der Waals surface area (Å²) < 4.78 is 24.9. The summed E-state index contributed by atoms with van der Waals surface area (Å²) in [6.07, 6.45) is -1.87. The van der Waals surface area contributed by atoms with Gasteiger partial charge in [0.2, 0.25) is 0 Å². The van der Waals surface area contributed by atoms with Crippen molar-refractivity contribution in [1.82, 2.24) is 5.32 Å². The van der Waals surface area contributed by atoms with Crippen LogP contribution < -0.4 is 5.32 Å². The lowest BCUT2D eigenvalue weighted by Gasteiger charge is -2.41. The summed E-state index contributed by atoms with van der Waals surface area (Å²) in [7, 11) is 0. The first kappa shape index (κ1) is 23.8. The molecule has 37 heavy (non-hydrogen) atoms. The Morgan fingerprint density at radius 3 is 2.11 bits per heavy atom. The molecule has 6 rings (SSSR count). The van der Waals surface area contributed by atoms with Crippen molar-refractivity contribution in [2.45, 2.75) is 43.9 Å². The van der Waals surface area contributed by atoms with Crippen molar-refractivity contribution < 1.29 is 23.7 Å². The molecule has 188 valence electrons. The monoisotopic (exact) mass is 495 g/mol. The van der Waals surface area contributed by atoms with Crippen molar-refractivity contribution in [3.8, 4) is 0 Å². The Morgan fingerprint density at radius 2 is 1.38 bits per heavy atom. The minimum Gasteiger partial charge on any atom is -0.368 e. The molecule has 6 nitrogen and oxygen atoms in total. The molecular formula is C31H29NO5. The fourth-order valence-corrected chi connectivity index (χ4v) is 5.12. The summed E-state index contributed by atoms with van der Waals surface area (Å²) in [4.78, 5) is 13.7. The molecule has 5 atom stereocenters. The molecule has 0 radical (unpaired) electrons. The molecule has 4 aromatic rings. The van der Waals surface area contributed by atoms with Crippen LogP contribution in [0.1, 0.15) is 21.5 Å². The minimum absolute atomic E-state index is 0.176. The zero-order valence-electron chi connectivity index (χ0n) is 20.4. The van der Waals surface area contributed by atoms with Gasteiger partial charge >= 0.3 is 0 Å². The summed E-state index contributed by atoms with van der Waals surface area (Å²) >= 11 is 0. The summed E-state index contributed by atoms with van der Waals surface area (Å²) in [6.45, 7) is 1.14. The molecule has 2 saturated heterocycles. The molecule has 2 fully saturated rings. The van der Waals surface area contributed by atoms with Crippen LogP contribution in [0.4, 0.5) is 0 Å². The maximum Gasteiger partial charge on any atom is 0.252 e. The van der Waals surface area contributed by atoms with E-state index in [1.165, 1.54) is 0 Å². The lowest BCUT2D eigenvalue weighted by molar-refractivity contribution is -0.223. The molecule has 0 aromatic heterocycles. The largest absolute Gasteiger partial charge is 0.368 e. The summed E-state index contributed by atoms with van der Waals surface area (Å²) in [5, 5.41) is 5.17. The van der Waals surface area contributed by atoms with Gasteiger partial charge in [-0.15, -0.1) is 0 Å². The number of hydrogen-bond donors (Lipinski definition) is 1.